The monoisotopic (exact) mass is 285 g/mol. The number of nitrogen functional groups attached to an aromatic ring is 1. The van der Waals surface area contributed by atoms with Crippen molar-refractivity contribution in [3.63, 3.8) is 0 Å². The lowest BCUT2D eigenvalue weighted by Gasteiger charge is -2.07. The summed E-state index contributed by atoms with van der Waals surface area (Å²) < 4.78 is 1.20. The zero-order valence-corrected chi connectivity index (χ0v) is 11.2. The number of nitrogens with one attached hydrogen (secondary N) is 1. The van der Waals surface area contributed by atoms with E-state index in [1.165, 1.54) is 16.8 Å². The second kappa shape index (κ2) is 4.82. The molecule has 0 aliphatic carbocycles. The van der Waals surface area contributed by atoms with E-state index in [-0.39, 0.29) is 5.69 Å². The number of fused-ring (bicyclic) bond motifs is 1. The molecule has 1 heterocycles. The van der Waals surface area contributed by atoms with Crippen LogP contribution in [0.1, 0.15) is 0 Å². The SMILES string of the molecule is Nc1cc(Nc2ccc3sccc3c2)cc([N+](=O)[O-])c1. The molecule has 6 heteroatoms. The zero-order valence-electron chi connectivity index (χ0n) is 10.4. The topological polar surface area (TPSA) is 81.2 Å². The summed E-state index contributed by atoms with van der Waals surface area (Å²) >= 11 is 1.67. The van der Waals surface area contributed by atoms with Gasteiger partial charge in [0.1, 0.15) is 0 Å². The third-order valence-electron chi connectivity index (χ3n) is 2.89. The minimum atomic E-state index is -0.455. The van der Waals surface area contributed by atoms with Gasteiger partial charge in [-0.05, 0) is 41.1 Å². The molecule has 0 spiro atoms. The van der Waals surface area contributed by atoms with Crippen molar-refractivity contribution in [3.05, 3.63) is 58.0 Å². The average molecular weight is 285 g/mol. The van der Waals surface area contributed by atoms with E-state index >= 15 is 0 Å². The molecule has 0 unspecified atom stereocenters. The first-order valence-corrected chi connectivity index (χ1v) is 6.79. The van der Waals surface area contributed by atoms with Crippen LogP contribution in [-0.2, 0) is 0 Å². The summed E-state index contributed by atoms with van der Waals surface area (Å²) in [6.45, 7) is 0. The average Bonchev–Trinajstić information content (AvgIpc) is 2.85. The van der Waals surface area contributed by atoms with Gasteiger partial charge in [-0.25, -0.2) is 0 Å². The van der Waals surface area contributed by atoms with Crippen molar-refractivity contribution in [1.29, 1.82) is 0 Å². The van der Waals surface area contributed by atoms with Gasteiger partial charge in [0.05, 0.1) is 4.92 Å². The Labute approximate surface area is 118 Å². The van der Waals surface area contributed by atoms with Crippen LogP contribution in [-0.4, -0.2) is 4.92 Å². The molecule has 0 radical (unpaired) electrons. The van der Waals surface area contributed by atoms with Gasteiger partial charge in [0, 0.05) is 33.9 Å². The van der Waals surface area contributed by atoms with Crippen LogP contribution in [0.15, 0.2) is 47.8 Å². The molecular formula is C14H11N3O2S. The molecule has 100 valence electrons. The standard InChI is InChI=1S/C14H11N3O2S/c15-10-6-12(8-13(7-10)17(18)19)16-11-1-2-14-9(5-11)3-4-20-14/h1-8,16H,15H2. The Hall–Kier alpha value is -2.60. The van der Waals surface area contributed by atoms with E-state index in [0.717, 1.165) is 11.1 Å². The first kappa shape index (κ1) is 12.4. The minimum Gasteiger partial charge on any atom is -0.398 e. The van der Waals surface area contributed by atoms with E-state index in [1.807, 2.05) is 29.6 Å². The Morgan fingerprint density at radius 1 is 1.10 bits per heavy atom. The molecule has 1 aromatic heterocycles. The fraction of sp³-hybridized carbons (Fsp3) is 0. The zero-order chi connectivity index (χ0) is 14.1. The molecule has 20 heavy (non-hydrogen) atoms. The molecule has 0 amide bonds. The van der Waals surface area contributed by atoms with Crippen LogP contribution in [0.3, 0.4) is 0 Å². The molecule has 3 N–H and O–H groups in total. The summed E-state index contributed by atoms with van der Waals surface area (Å²) in [5.41, 5.74) is 7.49. The maximum absolute atomic E-state index is 10.8. The third kappa shape index (κ3) is 2.41. The van der Waals surface area contributed by atoms with Gasteiger partial charge in [0.25, 0.3) is 5.69 Å². The number of nitrogens with zero attached hydrogens (tertiary/aromatic N) is 1. The van der Waals surface area contributed by atoms with Crippen LogP contribution in [0.5, 0.6) is 0 Å². The van der Waals surface area contributed by atoms with E-state index in [1.54, 1.807) is 17.4 Å². The third-order valence-corrected chi connectivity index (χ3v) is 3.79. The molecule has 3 aromatic rings. The fourth-order valence-corrected chi connectivity index (χ4v) is 2.79. The number of hydrogen-bond acceptors (Lipinski definition) is 5. The van der Waals surface area contributed by atoms with Crippen LogP contribution in [0.2, 0.25) is 0 Å². The molecule has 0 aliphatic heterocycles. The molecule has 3 rings (SSSR count). The van der Waals surface area contributed by atoms with E-state index in [0.29, 0.717) is 11.4 Å². The highest BCUT2D eigenvalue weighted by Crippen LogP contribution is 2.28. The summed E-state index contributed by atoms with van der Waals surface area (Å²) in [6.07, 6.45) is 0. The molecule has 0 bridgehead atoms. The van der Waals surface area contributed by atoms with E-state index in [4.69, 9.17) is 5.73 Å². The van der Waals surface area contributed by atoms with E-state index in [9.17, 15) is 10.1 Å². The number of thiophene rings is 1. The number of rotatable bonds is 3. The quantitative estimate of drug-likeness (QED) is 0.430. The normalized spacial score (nSPS) is 10.6. The predicted octanol–water partition coefficient (Wildman–Crippen LogP) is 4.14. The van der Waals surface area contributed by atoms with Crippen LogP contribution >= 0.6 is 11.3 Å². The second-order valence-electron chi connectivity index (χ2n) is 4.37. The van der Waals surface area contributed by atoms with Crippen LogP contribution in [0.25, 0.3) is 10.1 Å². The van der Waals surface area contributed by atoms with Crippen LogP contribution < -0.4 is 11.1 Å². The fourth-order valence-electron chi connectivity index (χ4n) is 2.02. The smallest absolute Gasteiger partial charge is 0.273 e. The first-order valence-electron chi connectivity index (χ1n) is 5.91. The highest BCUT2D eigenvalue weighted by atomic mass is 32.1. The number of benzene rings is 2. The van der Waals surface area contributed by atoms with Gasteiger partial charge >= 0.3 is 0 Å². The van der Waals surface area contributed by atoms with Gasteiger partial charge in [0.2, 0.25) is 0 Å². The summed E-state index contributed by atoms with van der Waals surface area (Å²) in [7, 11) is 0. The number of nitro benzene ring substituents is 1. The Bertz CT molecular complexity index is 798. The second-order valence-corrected chi connectivity index (χ2v) is 5.32. The van der Waals surface area contributed by atoms with Gasteiger partial charge in [-0.3, -0.25) is 10.1 Å². The van der Waals surface area contributed by atoms with Gasteiger partial charge in [-0.15, -0.1) is 11.3 Å². The molecular weight excluding hydrogens is 274 g/mol. The molecule has 2 aromatic carbocycles. The molecule has 0 fully saturated rings. The number of nitro groups is 1. The molecule has 0 aliphatic rings. The van der Waals surface area contributed by atoms with Gasteiger partial charge in [-0.1, -0.05) is 0 Å². The summed E-state index contributed by atoms with van der Waals surface area (Å²) in [5, 5.41) is 17.1. The van der Waals surface area contributed by atoms with Gasteiger partial charge in [-0.2, -0.15) is 0 Å². The highest BCUT2D eigenvalue weighted by molar-refractivity contribution is 7.17. The van der Waals surface area contributed by atoms with Crippen molar-refractivity contribution in [2.24, 2.45) is 0 Å². The lowest BCUT2D eigenvalue weighted by molar-refractivity contribution is -0.384. The van der Waals surface area contributed by atoms with Crippen molar-refractivity contribution >= 4 is 44.2 Å². The van der Waals surface area contributed by atoms with Crippen LogP contribution in [0.4, 0.5) is 22.7 Å². The first-order chi connectivity index (χ1) is 9.61. The largest absolute Gasteiger partial charge is 0.398 e. The summed E-state index contributed by atoms with van der Waals surface area (Å²) in [6, 6.07) is 12.5. The molecule has 5 nitrogen and oxygen atoms in total. The highest BCUT2D eigenvalue weighted by Gasteiger charge is 2.08. The minimum absolute atomic E-state index is 0.0240. The Balaban J connectivity index is 1.95. The Morgan fingerprint density at radius 3 is 2.75 bits per heavy atom. The van der Waals surface area contributed by atoms with Crippen molar-refractivity contribution in [2.45, 2.75) is 0 Å². The number of nitrogens with two attached hydrogens (primary N) is 1. The molecule has 0 saturated heterocycles. The Morgan fingerprint density at radius 2 is 1.95 bits per heavy atom. The van der Waals surface area contributed by atoms with E-state index in [2.05, 4.69) is 5.32 Å². The maximum atomic E-state index is 10.8. The van der Waals surface area contributed by atoms with Crippen molar-refractivity contribution in [3.8, 4) is 0 Å². The van der Waals surface area contributed by atoms with Gasteiger partial charge < -0.3 is 11.1 Å². The number of non-ortho nitro benzene ring substituents is 1. The maximum Gasteiger partial charge on any atom is 0.273 e. The lowest BCUT2D eigenvalue weighted by atomic mass is 10.2. The van der Waals surface area contributed by atoms with E-state index < -0.39 is 4.92 Å². The molecule has 0 saturated carbocycles. The summed E-state index contributed by atoms with van der Waals surface area (Å²) in [5.74, 6) is 0. The predicted molar refractivity (Wildman–Crippen MR) is 82.6 cm³/mol. The summed E-state index contributed by atoms with van der Waals surface area (Å²) in [4.78, 5) is 10.4. The van der Waals surface area contributed by atoms with Crippen LogP contribution in [0, 0.1) is 10.1 Å². The molecule has 0 atom stereocenters. The number of hydrogen-bond donors (Lipinski definition) is 2. The van der Waals surface area contributed by atoms with Crippen molar-refractivity contribution in [2.75, 3.05) is 11.1 Å². The number of anilines is 3. The van der Waals surface area contributed by atoms with Gasteiger partial charge in [0.15, 0.2) is 0 Å². The Kier molecular flexibility index (Phi) is 3.00. The lowest BCUT2D eigenvalue weighted by Crippen LogP contribution is -1.96. The van der Waals surface area contributed by atoms with Crippen molar-refractivity contribution < 1.29 is 4.92 Å². The van der Waals surface area contributed by atoms with Crippen molar-refractivity contribution in [1.82, 2.24) is 0 Å².